The fraction of sp³-hybridized carbons (Fsp3) is 0.588. The maximum absolute atomic E-state index is 12.6. The molecule has 0 aliphatic carbocycles. The number of anilines is 1. The Balaban J connectivity index is 2.09. The second-order valence-electron chi connectivity index (χ2n) is 6.97. The lowest BCUT2D eigenvalue weighted by atomic mass is 9.75. The Hall–Kier alpha value is -1.51. The van der Waals surface area contributed by atoms with E-state index in [-0.39, 0.29) is 5.91 Å². The fourth-order valence-electron chi connectivity index (χ4n) is 3.09. The van der Waals surface area contributed by atoms with Gasteiger partial charge in [0.2, 0.25) is 0 Å². The molecule has 1 aliphatic heterocycles. The molecule has 1 amide bonds. The van der Waals surface area contributed by atoms with Crippen LogP contribution in [0.3, 0.4) is 0 Å². The van der Waals surface area contributed by atoms with Crippen molar-refractivity contribution in [2.75, 3.05) is 18.8 Å². The third-order valence-corrected chi connectivity index (χ3v) is 4.53. The lowest BCUT2D eigenvalue weighted by Gasteiger charge is -2.39. The largest absolute Gasteiger partial charge is 0.398 e. The molecule has 2 rings (SSSR count). The van der Waals surface area contributed by atoms with Crippen molar-refractivity contribution in [1.29, 1.82) is 0 Å². The zero-order valence-corrected chi connectivity index (χ0v) is 13.1. The SMILES string of the molecule is Cc1cccc(N)c1C(=O)N1CCC(C(C)(C)C)CC1. The molecule has 1 aromatic rings. The summed E-state index contributed by atoms with van der Waals surface area (Å²) in [5, 5.41) is 0. The number of piperidine rings is 1. The number of nitrogens with two attached hydrogens (primary N) is 1. The predicted octanol–water partition coefficient (Wildman–Crippen LogP) is 3.48. The number of aryl methyl sites for hydroxylation is 1. The minimum Gasteiger partial charge on any atom is -0.398 e. The number of carbonyl (C=O) groups is 1. The van der Waals surface area contributed by atoms with E-state index in [1.165, 1.54) is 0 Å². The molecule has 0 aromatic heterocycles. The van der Waals surface area contributed by atoms with Crippen molar-refractivity contribution in [3.8, 4) is 0 Å². The third kappa shape index (κ3) is 2.97. The first-order chi connectivity index (χ1) is 9.30. The molecule has 20 heavy (non-hydrogen) atoms. The molecule has 1 fully saturated rings. The van der Waals surface area contributed by atoms with Crippen molar-refractivity contribution in [3.63, 3.8) is 0 Å². The summed E-state index contributed by atoms with van der Waals surface area (Å²) >= 11 is 0. The van der Waals surface area contributed by atoms with Crippen LogP contribution in [-0.2, 0) is 0 Å². The van der Waals surface area contributed by atoms with Crippen LogP contribution in [0.2, 0.25) is 0 Å². The minimum atomic E-state index is 0.0907. The monoisotopic (exact) mass is 274 g/mol. The van der Waals surface area contributed by atoms with Crippen LogP contribution in [0.4, 0.5) is 5.69 Å². The Bertz CT molecular complexity index is 474. The summed E-state index contributed by atoms with van der Waals surface area (Å²) in [7, 11) is 0. The van der Waals surface area contributed by atoms with E-state index in [4.69, 9.17) is 5.73 Å². The summed E-state index contributed by atoms with van der Waals surface area (Å²) < 4.78 is 0. The molecule has 3 heteroatoms. The summed E-state index contributed by atoms with van der Waals surface area (Å²) in [4.78, 5) is 14.6. The second kappa shape index (κ2) is 5.47. The van der Waals surface area contributed by atoms with Crippen molar-refractivity contribution < 1.29 is 4.79 Å². The molecule has 1 heterocycles. The number of nitrogens with zero attached hydrogens (tertiary/aromatic N) is 1. The van der Waals surface area contributed by atoms with Crippen LogP contribution in [0.15, 0.2) is 18.2 Å². The average molecular weight is 274 g/mol. The third-order valence-electron chi connectivity index (χ3n) is 4.53. The van der Waals surface area contributed by atoms with Crippen molar-refractivity contribution in [2.24, 2.45) is 11.3 Å². The molecule has 1 aliphatic rings. The van der Waals surface area contributed by atoms with Gasteiger partial charge in [0.1, 0.15) is 0 Å². The summed E-state index contributed by atoms with van der Waals surface area (Å²) in [5.41, 5.74) is 8.55. The van der Waals surface area contributed by atoms with Crippen molar-refractivity contribution >= 4 is 11.6 Å². The van der Waals surface area contributed by atoms with Crippen LogP contribution in [0.25, 0.3) is 0 Å². The van der Waals surface area contributed by atoms with E-state index in [0.717, 1.165) is 31.5 Å². The van der Waals surface area contributed by atoms with E-state index < -0.39 is 0 Å². The number of hydrogen-bond donors (Lipinski definition) is 1. The second-order valence-corrected chi connectivity index (χ2v) is 6.97. The van der Waals surface area contributed by atoms with Crippen LogP contribution in [-0.4, -0.2) is 23.9 Å². The first kappa shape index (κ1) is 14.9. The first-order valence-electron chi connectivity index (χ1n) is 7.45. The molecule has 0 spiro atoms. The van der Waals surface area contributed by atoms with Crippen LogP contribution in [0, 0.1) is 18.3 Å². The maximum atomic E-state index is 12.6. The zero-order chi connectivity index (χ0) is 14.9. The van der Waals surface area contributed by atoms with Gasteiger partial charge in [0.15, 0.2) is 0 Å². The molecule has 110 valence electrons. The van der Waals surface area contributed by atoms with Gasteiger partial charge in [-0.05, 0) is 42.7 Å². The predicted molar refractivity (Wildman–Crippen MR) is 83.7 cm³/mol. The standard InChI is InChI=1S/C17H26N2O/c1-12-6-5-7-14(18)15(12)16(20)19-10-8-13(9-11-19)17(2,3)4/h5-7,13H,8-11,18H2,1-4H3. The van der Waals surface area contributed by atoms with Gasteiger partial charge in [-0.3, -0.25) is 4.79 Å². The summed E-state index contributed by atoms with van der Waals surface area (Å²) in [6.45, 7) is 10.5. The first-order valence-corrected chi connectivity index (χ1v) is 7.45. The number of carbonyl (C=O) groups excluding carboxylic acids is 1. The van der Waals surface area contributed by atoms with E-state index in [9.17, 15) is 4.79 Å². The van der Waals surface area contributed by atoms with Gasteiger partial charge in [-0.25, -0.2) is 0 Å². The summed E-state index contributed by atoms with van der Waals surface area (Å²) in [6.07, 6.45) is 2.17. The summed E-state index contributed by atoms with van der Waals surface area (Å²) in [5.74, 6) is 0.786. The minimum absolute atomic E-state index is 0.0907. The summed E-state index contributed by atoms with van der Waals surface area (Å²) in [6, 6.07) is 5.65. The van der Waals surface area contributed by atoms with E-state index in [1.54, 1.807) is 0 Å². The Kier molecular flexibility index (Phi) is 4.07. The highest BCUT2D eigenvalue weighted by molar-refractivity contribution is 6.00. The van der Waals surface area contributed by atoms with Crippen molar-refractivity contribution in [2.45, 2.75) is 40.5 Å². The normalized spacial score (nSPS) is 17.3. The van der Waals surface area contributed by atoms with Crippen LogP contribution < -0.4 is 5.73 Å². The molecule has 0 radical (unpaired) electrons. The van der Waals surface area contributed by atoms with Crippen LogP contribution >= 0.6 is 0 Å². The molecular weight excluding hydrogens is 248 g/mol. The molecule has 1 aromatic carbocycles. The fourth-order valence-corrected chi connectivity index (χ4v) is 3.09. The number of rotatable bonds is 1. The topological polar surface area (TPSA) is 46.3 Å². The molecule has 1 saturated heterocycles. The van der Waals surface area contributed by atoms with Gasteiger partial charge >= 0.3 is 0 Å². The zero-order valence-electron chi connectivity index (χ0n) is 13.1. The molecule has 3 nitrogen and oxygen atoms in total. The Morgan fingerprint density at radius 1 is 1.25 bits per heavy atom. The highest BCUT2D eigenvalue weighted by Gasteiger charge is 2.31. The number of nitrogen functional groups attached to an aromatic ring is 1. The van der Waals surface area contributed by atoms with E-state index >= 15 is 0 Å². The maximum Gasteiger partial charge on any atom is 0.256 e. The van der Waals surface area contributed by atoms with Gasteiger partial charge in [0, 0.05) is 18.8 Å². The van der Waals surface area contributed by atoms with Gasteiger partial charge in [-0.15, -0.1) is 0 Å². The highest BCUT2D eigenvalue weighted by Crippen LogP contribution is 2.34. The number of benzene rings is 1. The Morgan fingerprint density at radius 3 is 2.35 bits per heavy atom. The molecule has 0 unspecified atom stereocenters. The van der Waals surface area contributed by atoms with Gasteiger partial charge in [0.25, 0.3) is 5.91 Å². The van der Waals surface area contributed by atoms with E-state index in [0.29, 0.717) is 22.6 Å². The van der Waals surface area contributed by atoms with Crippen LogP contribution in [0.1, 0.15) is 49.5 Å². The van der Waals surface area contributed by atoms with Gasteiger partial charge < -0.3 is 10.6 Å². The van der Waals surface area contributed by atoms with E-state index in [2.05, 4.69) is 20.8 Å². The number of amides is 1. The Morgan fingerprint density at radius 2 is 1.85 bits per heavy atom. The van der Waals surface area contributed by atoms with Crippen molar-refractivity contribution in [3.05, 3.63) is 29.3 Å². The van der Waals surface area contributed by atoms with Crippen molar-refractivity contribution in [1.82, 2.24) is 4.90 Å². The number of hydrogen-bond acceptors (Lipinski definition) is 2. The van der Waals surface area contributed by atoms with Gasteiger partial charge in [-0.1, -0.05) is 32.9 Å². The molecule has 0 bridgehead atoms. The Labute approximate surface area is 122 Å². The molecular formula is C17H26N2O. The van der Waals surface area contributed by atoms with E-state index in [1.807, 2.05) is 30.0 Å². The smallest absolute Gasteiger partial charge is 0.256 e. The van der Waals surface area contributed by atoms with Gasteiger partial charge in [0.05, 0.1) is 5.56 Å². The molecule has 0 atom stereocenters. The van der Waals surface area contributed by atoms with Gasteiger partial charge in [-0.2, -0.15) is 0 Å². The quantitative estimate of drug-likeness (QED) is 0.797. The molecule has 2 N–H and O–H groups in total. The number of likely N-dealkylation sites (tertiary alicyclic amines) is 1. The highest BCUT2D eigenvalue weighted by atomic mass is 16.2. The lowest BCUT2D eigenvalue weighted by molar-refractivity contribution is 0.0609. The lowest BCUT2D eigenvalue weighted by Crippen LogP contribution is -2.41. The average Bonchev–Trinajstić information content (AvgIpc) is 2.37. The van der Waals surface area contributed by atoms with Crippen LogP contribution in [0.5, 0.6) is 0 Å². The molecule has 0 saturated carbocycles.